The average Bonchev–Trinajstić information content (AvgIpc) is 2.87. The number of carbonyl (C=O) groups excluding carboxylic acids is 1. The van der Waals surface area contributed by atoms with Gasteiger partial charge in [-0.15, -0.1) is 10.2 Å². The largest absolute Gasteiger partial charge is 0.338 e. The number of aromatic nitrogens is 6. The van der Waals surface area contributed by atoms with Gasteiger partial charge in [0.15, 0.2) is 5.82 Å². The Labute approximate surface area is 109 Å². The van der Waals surface area contributed by atoms with E-state index >= 15 is 0 Å². The van der Waals surface area contributed by atoms with E-state index in [2.05, 4.69) is 35.9 Å². The number of carbonyl (C=O) groups is 1. The second kappa shape index (κ2) is 4.38. The Hall–Kier alpha value is -2.38. The Bertz CT molecular complexity index is 591. The summed E-state index contributed by atoms with van der Waals surface area (Å²) in [5.74, 6) is 0.285. The first-order chi connectivity index (χ1) is 9.20. The third-order valence-corrected chi connectivity index (χ3v) is 3.37. The van der Waals surface area contributed by atoms with Gasteiger partial charge in [0.05, 0.1) is 0 Å². The minimum absolute atomic E-state index is 0.241. The molecule has 0 atom stereocenters. The number of nitrogens with one attached hydrogen (secondary N) is 2. The van der Waals surface area contributed by atoms with Crippen LogP contribution < -0.4 is 5.32 Å². The lowest BCUT2D eigenvalue weighted by Gasteiger charge is -2.39. The van der Waals surface area contributed by atoms with Crippen molar-refractivity contribution in [3.63, 3.8) is 0 Å². The van der Waals surface area contributed by atoms with Gasteiger partial charge in [0, 0.05) is 5.69 Å². The van der Waals surface area contributed by atoms with E-state index in [1.165, 1.54) is 6.33 Å². The van der Waals surface area contributed by atoms with Crippen LogP contribution >= 0.6 is 0 Å². The SMILES string of the molecule is Cc1cc(C(=O)NC2(c3nn[nH]n3)CCC2)ncn1. The first-order valence-corrected chi connectivity index (χ1v) is 6.05. The molecule has 0 bridgehead atoms. The zero-order chi connectivity index (χ0) is 13.3. The van der Waals surface area contributed by atoms with Crippen LogP contribution in [-0.4, -0.2) is 36.5 Å². The number of amides is 1. The second-order valence-electron chi connectivity index (χ2n) is 4.67. The van der Waals surface area contributed by atoms with Crippen molar-refractivity contribution in [3.05, 3.63) is 29.6 Å². The summed E-state index contributed by atoms with van der Waals surface area (Å²) in [7, 11) is 0. The molecule has 0 spiro atoms. The fourth-order valence-electron chi connectivity index (χ4n) is 2.16. The van der Waals surface area contributed by atoms with E-state index in [0.29, 0.717) is 11.5 Å². The van der Waals surface area contributed by atoms with E-state index in [9.17, 15) is 4.79 Å². The van der Waals surface area contributed by atoms with Gasteiger partial charge in [-0.25, -0.2) is 9.97 Å². The predicted octanol–water partition coefficient (Wildman–Crippen LogP) is 0.107. The van der Waals surface area contributed by atoms with Gasteiger partial charge < -0.3 is 5.32 Å². The maximum Gasteiger partial charge on any atom is 0.270 e. The lowest BCUT2D eigenvalue weighted by Crippen LogP contribution is -2.51. The summed E-state index contributed by atoms with van der Waals surface area (Å²) < 4.78 is 0. The highest BCUT2D eigenvalue weighted by Crippen LogP contribution is 2.39. The maximum atomic E-state index is 12.2. The van der Waals surface area contributed by atoms with Gasteiger partial charge in [0.1, 0.15) is 17.6 Å². The molecule has 8 nitrogen and oxygen atoms in total. The van der Waals surface area contributed by atoms with Crippen LogP contribution in [0.1, 0.15) is 41.3 Å². The van der Waals surface area contributed by atoms with Crippen LogP contribution in [0.5, 0.6) is 0 Å². The number of H-pyrrole nitrogens is 1. The summed E-state index contributed by atoms with van der Waals surface area (Å²) in [6, 6.07) is 1.65. The molecule has 98 valence electrons. The quantitative estimate of drug-likeness (QED) is 0.809. The van der Waals surface area contributed by atoms with Crippen molar-refractivity contribution in [3.8, 4) is 0 Å². The molecule has 1 aliphatic carbocycles. The highest BCUT2D eigenvalue weighted by Gasteiger charge is 2.44. The number of nitrogens with zero attached hydrogens (tertiary/aromatic N) is 5. The lowest BCUT2D eigenvalue weighted by atomic mass is 9.76. The Morgan fingerprint density at radius 1 is 1.42 bits per heavy atom. The molecule has 1 saturated carbocycles. The summed E-state index contributed by atoms with van der Waals surface area (Å²) >= 11 is 0. The Morgan fingerprint density at radius 3 is 2.84 bits per heavy atom. The molecule has 1 fully saturated rings. The van der Waals surface area contributed by atoms with Crippen molar-refractivity contribution in [2.45, 2.75) is 31.7 Å². The standard InChI is InChI=1S/C11H13N7O/c1-7-5-8(13-6-12-7)9(19)14-11(3-2-4-11)10-15-17-18-16-10/h5-6H,2-4H2,1H3,(H,14,19)(H,15,16,17,18). The molecule has 0 aliphatic heterocycles. The molecule has 2 N–H and O–H groups in total. The van der Waals surface area contributed by atoms with Gasteiger partial charge in [-0.2, -0.15) is 5.21 Å². The molecular weight excluding hydrogens is 246 g/mol. The molecule has 0 unspecified atom stereocenters. The van der Waals surface area contributed by atoms with Crippen LogP contribution in [0.25, 0.3) is 0 Å². The normalized spacial score (nSPS) is 16.7. The smallest absolute Gasteiger partial charge is 0.270 e. The minimum Gasteiger partial charge on any atom is -0.338 e. The van der Waals surface area contributed by atoms with Gasteiger partial charge in [0.25, 0.3) is 5.91 Å². The van der Waals surface area contributed by atoms with Gasteiger partial charge in [-0.05, 0) is 32.3 Å². The molecule has 2 heterocycles. The highest BCUT2D eigenvalue weighted by atomic mass is 16.2. The molecule has 2 aromatic rings. The summed E-state index contributed by atoms with van der Waals surface area (Å²) in [5, 5.41) is 16.9. The van der Waals surface area contributed by atoms with E-state index < -0.39 is 5.54 Å². The predicted molar refractivity (Wildman–Crippen MR) is 63.9 cm³/mol. The molecule has 2 aromatic heterocycles. The number of tetrazole rings is 1. The van der Waals surface area contributed by atoms with E-state index in [4.69, 9.17) is 0 Å². The van der Waals surface area contributed by atoms with Crippen molar-refractivity contribution in [2.24, 2.45) is 0 Å². The van der Waals surface area contributed by atoms with Gasteiger partial charge >= 0.3 is 0 Å². The van der Waals surface area contributed by atoms with Crippen LogP contribution in [-0.2, 0) is 5.54 Å². The first-order valence-electron chi connectivity index (χ1n) is 6.05. The molecule has 19 heavy (non-hydrogen) atoms. The Balaban J connectivity index is 1.82. The highest BCUT2D eigenvalue weighted by molar-refractivity contribution is 5.92. The zero-order valence-corrected chi connectivity index (χ0v) is 10.4. The van der Waals surface area contributed by atoms with Crippen LogP contribution in [0.15, 0.2) is 12.4 Å². The van der Waals surface area contributed by atoms with Crippen LogP contribution in [0.2, 0.25) is 0 Å². The second-order valence-corrected chi connectivity index (χ2v) is 4.67. The topological polar surface area (TPSA) is 109 Å². The Morgan fingerprint density at radius 2 is 2.26 bits per heavy atom. The fourth-order valence-corrected chi connectivity index (χ4v) is 2.16. The van der Waals surface area contributed by atoms with Crippen LogP contribution in [0.4, 0.5) is 0 Å². The summed E-state index contributed by atoms with van der Waals surface area (Å²) in [5.41, 5.74) is 0.591. The summed E-state index contributed by atoms with van der Waals surface area (Å²) in [6.07, 6.45) is 4.02. The number of hydrogen-bond acceptors (Lipinski definition) is 6. The first kappa shape index (κ1) is 11.7. The molecule has 0 radical (unpaired) electrons. The van der Waals surface area contributed by atoms with Crippen molar-refractivity contribution in [1.82, 2.24) is 35.9 Å². The minimum atomic E-state index is -0.511. The molecule has 0 aromatic carbocycles. The maximum absolute atomic E-state index is 12.2. The molecule has 0 saturated heterocycles. The summed E-state index contributed by atoms with van der Waals surface area (Å²) in [6.45, 7) is 1.82. The van der Waals surface area contributed by atoms with Crippen molar-refractivity contribution in [2.75, 3.05) is 0 Å². The third kappa shape index (κ3) is 2.05. The monoisotopic (exact) mass is 259 g/mol. The molecule has 8 heteroatoms. The third-order valence-electron chi connectivity index (χ3n) is 3.37. The zero-order valence-electron chi connectivity index (χ0n) is 10.4. The number of aromatic amines is 1. The molecular formula is C11H13N7O. The van der Waals surface area contributed by atoms with Gasteiger partial charge in [0.2, 0.25) is 0 Å². The fraction of sp³-hybridized carbons (Fsp3) is 0.455. The Kier molecular flexibility index (Phi) is 2.69. The van der Waals surface area contributed by atoms with Crippen molar-refractivity contribution in [1.29, 1.82) is 0 Å². The van der Waals surface area contributed by atoms with Crippen LogP contribution in [0, 0.1) is 6.92 Å². The van der Waals surface area contributed by atoms with Gasteiger partial charge in [-0.3, -0.25) is 4.79 Å². The van der Waals surface area contributed by atoms with Crippen molar-refractivity contribution < 1.29 is 4.79 Å². The number of aryl methyl sites for hydroxylation is 1. The molecule has 3 rings (SSSR count). The summed E-state index contributed by atoms with van der Waals surface area (Å²) in [4.78, 5) is 20.2. The molecule has 1 amide bonds. The lowest BCUT2D eigenvalue weighted by molar-refractivity contribution is 0.0803. The molecule has 1 aliphatic rings. The average molecular weight is 259 g/mol. The van der Waals surface area contributed by atoms with Gasteiger partial charge in [-0.1, -0.05) is 5.21 Å². The van der Waals surface area contributed by atoms with E-state index in [1.54, 1.807) is 6.07 Å². The van der Waals surface area contributed by atoms with Crippen LogP contribution in [0.3, 0.4) is 0 Å². The number of rotatable bonds is 3. The van der Waals surface area contributed by atoms with Crippen molar-refractivity contribution >= 4 is 5.91 Å². The van der Waals surface area contributed by atoms with E-state index in [1.807, 2.05) is 6.92 Å². The van der Waals surface area contributed by atoms with E-state index in [0.717, 1.165) is 25.0 Å². The number of hydrogen-bond donors (Lipinski definition) is 2. The van der Waals surface area contributed by atoms with E-state index in [-0.39, 0.29) is 5.91 Å².